The number of allylic oxidation sites excluding steroid dienone is 4. The van der Waals surface area contributed by atoms with Gasteiger partial charge in [-0.3, -0.25) is 9.59 Å². The summed E-state index contributed by atoms with van der Waals surface area (Å²) < 4.78 is 5.46. The minimum Gasteiger partial charge on any atom is -0.466 e. The van der Waals surface area contributed by atoms with E-state index in [2.05, 4.69) is 43.5 Å². The molecule has 6 nitrogen and oxygen atoms in total. The van der Waals surface area contributed by atoms with Gasteiger partial charge in [0.15, 0.2) is 0 Å². The highest BCUT2D eigenvalue weighted by atomic mass is 16.5. The van der Waals surface area contributed by atoms with E-state index in [4.69, 9.17) is 4.74 Å². The van der Waals surface area contributed by atoms with Gasteiger partial charge in [-0.05, 0) is 77.0 Å². The monoisotopic (exact) mass is 846 g/mol. The number of rotatable bonds is 49. The molecule has 0 fully saturated rings. The number of hydrogen-bond donors (Lipinski definition) is 3. The molecule has 2 unspecified atom stereocenters. The smallest absolute Gasteiger partial charge is 0.305 e. The first-order valence-corrected chi connectivity index (χ1v) is 26.6. The van der Waals surface area contributed by atoms with Gasteiger partial charge in [0, 0.05) is 12.8 Å². The summed E-state index contributed by atoms with van der Waals surface area (Å²) in [6.45, 7) is 4.90. The van der Waals surface area contributed by atoms with Gasteiger partial charge < -0.3 is 20.3 Å². The molecule has 0 aromatic carbocycles. The highest BCUT2D eigenvalue weighted by Gasteiger charge is 2.20. The van der Waals surface area contributed by atoms with Crippen molar-refractivity contribution in [1.82, 2.24) is 5.32 Å². The first kappa shape index (κ1) is 58.3. The molecule has 0 heterocycles. The Hall–Kier alpha value is -1.66. The summed E-state index contributed by atoms with van der Waals surface area (Å²) in [4.78, 5) is 24.5. The van der Waals surface area contributed by atoms with Crippen molar-refractivity contribution in [2.75, 3.05) is 13.2 Å². The van der Waals surface area contributed by atoms with Crippen LogP contribution in [0.2, 0.25) is 0 Å². The molecule has 60 heavy (non-hydrogen) atoms. The van der Waals surface area contributed by atoms with E-state index in [1.54, 1.807) is 0 Å². The SMILES string of the molecule is CCCCCCCCC/C=C\CCCCCCCCCC(=O)OCCCCCC/C=C\CCCCCCCCCC(=O)NC(CO)C(O)CCCCCCCCCCCC. The molecule has 1 amide bonds. The molecular weight excluding hydrogens is 743 g/mol. The van der Waals surface area contributed by atoms with Gasteiger partial charge in [0.2, 0.25) is 5.91 Å². The van der Waals surface area contributed by atoms with E-state index >= 15 is 0 Å². The van der Waals surface area contributed by atoms with Crippen LogP contribution in [-0.4, -0.2) is 47.4 Å². The third-order valence-electron chi connectivity index (χ3n) is 12.2. The van der Waals surface area contributed by atoms with Gasteiger partial charge in [0.1, 0.15) is 0 Å². The molecule has 0 aliphatic carbocycles. The summed E-state index contributed by atoms with van der Waals surface area (Å²) in [7, 11) is 0. The van der Waals surface area contributed by atoms with Crippen LogP contribution in [0.3, 0.4) is 0 Å². The molecule has 2 atom stereocenters. The lowest BCUT2D eigenvalue weighted by molar-refractivity contribution is -0.143. The van der Waals surface area contributed by atoms with Crippen LogP contribution in [0.1, 0.15) is 284 Å². The van der Waals surface area contributed by atoms with Gasteiger partial charge in [-0.2, -0.15) is 0 Å². The normalized spacial score (nSPS) is 12.8. The minimum absolute atomic E-state index is 0.0133. The first-order valence-electron chi connectivity index (χ1n) is 26.6. The Labute approximate surface area is 373 Å². The van der Waals surface area contributed by atoms with Crippen molar-refractivity contribution in [3.05, 3.63) is 24.3 Å². The molecule has 0 aromatic heterocycles. The highest BCUT2D eigenvalue weighted by molar-refractivity contribution is 5.76. The van der Waals surface area contributed by atoms with Crippen molar-refractivity contribution in [2.45, 2.75) is 296 Å². The Morgan fingerprint density at radius 2 is 0.783 bits per heavy atom. The van der Waals surface area contributed by atoms with Gasteiger partial charge >= 0.3 is 5.97 Å². The first-order chi connectivity index (χ1) is 29.5. The number of carbonyl (C=O) groups is 2. The minimum atomic E-state index is -0.672. The number of hydrogen-bond acceptors (Lipinski definition) is 5. The van der Waals surface area contributed by atoms with Crippen LogP contribution in [-0.2, 0) is 14.3 Å². The zero-order valence-electron chi connectivity index (χ0n) is 40.2. The molecule has 0 aliphatic heterocycles. The van der Waals surface area contributed by atoms with Crippen LogP contribution >= 0.6 is 0 Å². The largest absolute Gasteiger partial charge is 0.466 e. The van der Waals surface area contributed by atoms with E-state index in [-0.39, 0.29) is 18.5 Å². The molecule has 0 saturated carbocycles. The van der Waals surface area contributed by atoms with Crippen LogP contribution in [0.5, 0.6) is 0 Å². The second kappa shape index (κ2) is 50.0. The number of nitrogens with one attached hydrogen (secondary N) is 1. The molecule has 0 radical (unpaired) electrons. The van der Waals surface area contributed by atoms with Crippen molar-refractivity contribution in [3.63, 3.8) is 0 Å². The zero-order chi connectivity index (χ0) is 43.7. The van der Waals surface area contributed by atoms with Gasteiger partial charge in [-0.15, -0.1) is 0 Å². The summed E-state index contributed by atoms with van der Waals surface area (Å²) in [5, 5.41) is 23.1. The molecule has 0 bridgehead atoms. The van der Waals surface area contributed by atoms with Crippen molar-refractivity contribution in [3.8, 4) is 0 Å². The second-order valence-electron chi connectivity index (χ2n) is 18.2. The van der Waals surface area contributed by atoms with Crippen LogP contribution in [0.4, 0.5) is 0 Å². The van der Waals surface area contributed by atoms with Crippen molar-refractivity contribution in [1.29, 1.82) is 0 Å². The van der Waals surface area contributed by atoms with E-state index in [1.807, 2.05) is 0 Å². The number of ether oxygens (including phenoxy) is 1. The maximum atomic E-state index is 12.4. The fourth-order valence-electron chi connectivity index (χ4n) is 8.10. The number of esters is 1. The second-order valence-corrected chi connectivity index (χ2v) is 18.2. The summed E-state index contributed by atoms with van der Waals surface area (Å²) in [5.41, 5.74) is 0. The average Bonchev–Trinajstić information content (AvgIpc) is 3.25. The lowest BCUT2D eigenvalue weighted by atomic mass is 10.0. The van der Waals surface area contributed by atoms with Crippen molar-refractivity contribution >= 4 is 11.9 Å². The van der Waals surface area contributed by atoms with E-state index in [0.717, 1.165) is 70.6 Å². The fraction of sp³-hybridized carbons (Fsp3) is 0.889. The molecule has 3 N–H and O–H groups in total. The predicted octanol–water partition coefficient (Wildman–Crippen LogP) is 15.9. The summed E-state index contributed by atoms with van der Waals surface area (Å²) in [6, 6.07) is -0.551. The van der Waals surface area contributed by atoms with Gasteiger partial charge in [-0.1, -0.05) is 218 Å². The number of aliphatic hydroxyl groups is 2. The average molecular weight is 846 g/mol. The third kappa shape index (κ3) is 45.9. The Bertz CT molecular complexity index is 935. The van der Waals surface area contributed by atoms with Crippen LogP contribution in [0.25, 0.3) is 0 Å². The van der Waals surface area contributed by atoms with E-state index in [9.17, 15) is 19.8 Å². The van der Waals surface area contributed by atoms with Gasteiger partial charge in [0.25, 0.3) is 0 Å². The number of aliphatic hydroxyl groups excluding tert-OH is 2. The molecule has 0 aliphatic rings. The quantitative estimate of drug-likeness (QED) is 0.0322. The Morgan fingerprint density at radius 1 is 0.450 bits per heavy atom. The standard InChI is InChI=1S/C54H103NO5/c1-3-5-7-9-11-13-15-16-17-18-19-22-25-28-32-36-40-44-48-54(59)60-49-45-41-37-33-29-26-23-20-21-24-27-31-35-39-43-47-53(58)55-51(50-56)52(57)46-42-38-34-30-14-12-10-8-6-4-2/h17-18,23,26,51-52,56-57H,3-16,19-22,24-25,27-50H2,1-2H3,(H,55,58)/b18-17-,26-23-. The lowest BCUT2D eigenvalue weighted by Gasteiger charge is -2.22. The van der Waals surface area contributed by atoms with Crippen LogP contribution < -0.4 is 5.32 Å². The van der Waals surface area contributed by atoms with Gasteiger partial charge in [-0.25, -0.2) is 0 Å². The van der Waals surface area contributed by atoms with Crippen molar-refractivity contribution in [2.24, 2.45) is 0 Å². The summed E-state index contributed by atoms with van der Waals surface area (Å²) in [5.74, 6) is -0.0655. The van der Waals surface area contributed by atoms with E-state index < -0.39 is 12.1 Å². The highest BCUT2D eigenvalue weighted by Crippen LogP contribution is 2.16. The molecule has 0 rings (SSSR count). The Morgan fingerprint density at radius 3 is 1.18 bits per heavy atom. The molecule has 6 heteroatoms. The maximum absolute atomic E-state index is 12.4. The summed E-state index contributed by atoms with van der Waals surface area (Å²) >= 11 is 0. The number of carbonyl (C=O) groups excluding carboxylic acids is 2. The predicted molar refractivity (Wildman–Crippen MR) is 260 cm³/mol. The van der Waals surface area contributed by atoms with Crippen LogP contribution in [0, 0.1) is 0 Å². The maximum Gasteiger partial charge on any atom is 0.305 e. The Balaban J connectivity index is 3.44. The number of amides is 1. The molecule has 354 valence electrons. The summed E-state index contributed by atoms with van der Waals surface area (Å²) in [6.07, 6.45) is 58.7. The van der Waals surface area contributed by atoms with Crippen LogP contribution in [0.15, 0.2) is 24.3 Å². The lowest BCUT2D eigenvalue weighted by Crippen LogP contribution is -2.45. The molecular formula is C54H103NO5. The molecule has 0 aromatic rings. The van der Waals surface area contributed by atoms with Crippen molar-refractivity contribution < 1.29 is 24.5 Å². The number of unbranched alkanes of at least 4 members (excludes halogenated alkanes) is 34. The van der Waals surface area contributed by atoms with E-state index in [0.29, 0.717) is 25.9 Å². The van der Waals surface area contributed by atoms with Gasteiger partial charge in [0.05, 0.1) is 25.4 Å². The molecule has 0 spiro atoms. The zero-order valence-corrected chi connectivity index (χ0v) is 40.2. The third-order valence-corrected chi connectivity index (χ3v) is 12.2. The Kier molecular flexibility index (Phi) is 48.6. The fourth-order valence-corrected chi connectivity index (χ4v) is 8.10. The van der Waals surface area contributed by atoms with E-state index in [1.165, 1.54) is 180 Å². The molecule has 0 saturated heterocycles. The topological polar surface area (TPSA) is 95.9 Å².